The van der Waals surface area contributed by atoms with Gasteiger partial charge in [-0.1, -0.05) is 0 Å². The van der Waals surface area contributed by atoms with Crippen molar-refractivity contribution in [2.45, 2.75) is 18.9 Å². The second-order valence-electron chi connectivity index (χ2n) is 5.40. The molecule has 3 heterocycles. The smallest absolute Gasteiger partial charge is 0.150 e. The number of hydrogen-bond acceptors (Lipinski definition) is 7. The summed E-state index contributed by atoms with van der Waals surface area (Å²) in [5, 5.41) is 9.93. The van der Waals surface area contributed by atoms with Crippen LogP contribution in [0.2, 0.25) is 0 Å². The largest absolute Gasteiger partial charge is 0.396 e. The molecule has 0 bridgehead atoms. The van der Waals surface area contributed by atoms with Gasteiger partial charge < -0.3 is 21.7 Å². The lowest BCUT2D eigenvalue weighted by Crippen LogP contribution is -2.38. The number of hydrogen-bond donors (Lipinski definition) is 4. The Morgan fingerprint density at radius 3 is 2.78 bits per heavy atom. The molecule has 7 heteroatoms. The Kier molecular flexibility index (Phi) is 4.54. The van der Waals surface area contributed by atoms with Crippen LogP contribution in [0, 0.1) is 12.3 Å². The van der Waals surface area contributed by atoms with Gasteiger partial charge in [0.1, 0.15) is 17.3 Å². The van der Waals surface area contributed by atoms with Gasteiger partial charge in [-0.2, -0.15) is 0 Å². The average molecular weight is 309 g/mol. The molecule has 1 unspecified atom stereocenters. The van der Waals surface area contributed by atoms with Gasteiger partial charge in [0.15, 0.2) is 0 Å². The predicted octanol–water partition coefficient (Wildman–Crippen LogP) is 1.34. The zero-order valence-corrected chi connectivity index (χ0v) is 12.7. The Balaban J connectivity index is 1.72. The second kappa shape index (κ2) is 6.94. The third kappa shape index (κ3) is 3.87. The number of piperidine rings is 1. The van der Waals surface area contributed by atoms with Crippen molar-refractivity contribution in [3.63, 3.8) is 0 Å². The molecule has 2 aromatic rings. The number of terminal acetylenes is 1. The maximum Gasteiger partial charge on any atom is 0.150 e. The van der Waals surface area contributed by atoms with Gasteiger partial charge in [-0.3, -0.25) is 0 Å². The van der Waals surface area contributed by atoms with E-state index in [1.54, 1.807) is 12.4 Å². The van der Waals surface area contributed by atoms with Crippen LogP contribution < -0.4 is 21.7 Å². The Bertz CT molecular complexity index is 699. The van der Waals surface area contributed by atoms with Gasteiger partial charge in [-0.05, 0) is 25.3 Å². The number of nitrogens with two attached hydrogens (primary N) is 1. The average Bonchev–Trinajstić information content (AvgIpc) is 2.59. The van der Waals surface area contributed by atoms with Crippen molar-refractivity contribution >= 4 is 23.0 Å². The van der Waals surface area contributed by atoms with E-state index < -0.39 is 0 Å². The van der Waals surface area contributed by atoms with E-state index >= 15 is 0 Å². The Morgan fingerprint density at radius 1 is 1.22 bits per heavy atom. The van der Waals surface area contributed by atoms with Crippen LogP contribution in [-0.2, 0) is 0 Å². The summed E-state index contributed by atoms with van der Waals surface area (Å²) in [6, 6.07) is 2.25. The van der Waals surface area contributed by atoms with E-state index in [4.69, 9.17) is 12.2 Å². The molecule has 0 aromatic carbocycles. The molecule has 5 N–H and O–H groups in total. The molecule has 0 spiro atoms. The third-order valence-corrected chi connectivity index (χ3v) is 3.65. The van der Waals surface area contributed by atoms with E-state index in [2.05, 4.69) is 36.8 Å². The normalized spacial score (nSPS) is 17.3. The maximum atomic E-state index is 6.01. The summed E-state index contributed by atoms with van der Waals surface area (Å²) in [7, 11) is 0. The van der Waals surface area contributed by atoms with Gasteiger partial charge in [0.2, 0.25) is 0 Å². The van der Waals surface area contributed by atoms with Gasteiger partial charge in [0, 0.05) is 18.7 Å². The quantitative estimate of drug-likeness (QED) is 0.632. The zero-order chi connectivity index (χ0) is 16.1. The standard InChI is InChI=1S/C16H19N7/c1-2-11-8-20-16(10-19-11)23-15-6-14(13(17)9-21-15)22-12-4-3-5-18-7-12/h1,6,8-10,12,18H,3-5,7,17H2,(H2,20,21,22,23). The first kappa shape index (κ1) is 15.1. The number of rotatable bonds is 4. The molecule has 0 amide bonds. The van der Waals surface area contributed by atoms with Crippen molar-refractivity contribution in [3.8, 4) is 12.3 Å². The van der Waals surface area contributed by atoms with Crippen molar-refractivity contribution in [2.75, 3.05) is 29.5 Å². The topological polar surface area (TPSA) is 101 Å². The van der Waals surface area contributed by atoms with Crippen molar-refractivity contribution in [2.24, 2.45) is 0 Å². The third-order valence-electron chi connectivity index (χ3n) is 3.65. The molecule has 1 fully saturated rings. The summed E-state index contributed by atoms with van der Waals surface area (Å²) < 4.78 is 0. The number of nitrogens with one attached hydrogen (secondary N) is 3. The summed E-state index contributed by atoms with van der Waals surface area (Å²) in [5.74, 6) is 3.65. The van der Waals surface area contributed by atoms with Crippen molar-refractivity contribution < 1.29 is 0 Å². The first-order valence-electron chi connectivity index (χ1n) is 7.53. The van der Waals surface area contributed by atoms with E-state index in [1.807, 2.05) is 6.07 Å². The molecule has 1 aliphatic heterocycles. The fourth-order valence-electron chi connectivity index (χ4n) is 2.45. The number of nitrogens with zero attached hydrogens (tertiary/aromatic N) is 3. The SMILES string of the molecule is C#Cc1cnc(Nc2cc(NC3CCCNC3)c(N)cn2)cn1. The Morgan fingerprint density at radius 2 is 2.09 bits per heavy atom. The summed E-state index contributed by atoms with van der Waals surface area (Å²) in [6.07, 6.45) is 12.3. The highest BCUT2D eigenvalue weighted by molar-refractivity contribution is 5.70. The molecule has 0 aliphatic carbocycles. The molecule has 0 saturated carbocycles. The van der Waals surface area contributed by atoms with E-state index in [0.717, 1.165) is 31.6 Å². The molecule has 3 rings (SSSR count). The van der Waals surface area contributed by atoms with Crippen LogP contribution in [0.15, 0.2) is 24.7 Å². The first-order chi connectivity index (χ1) is 11.2. The highest BCUT2D eigenvalue weighted by Gasteiger charge is 2.14. The monoisotopic (exact) mass is 309 g/mol. The van der Waals surface area contributed by atoms with Gasteiger partial charge in [-0.25, -0.2) is 15.0 Å². The van der Waals surface area contributed by atoms with Crippen LogP contribution in [0.4, 0.5) is 23.0 Å². The fourth-order valence-corrected chi connectivity index (χ4v) is 2.45. The summed E-state index contributed by atoms with van der Waals surface area (Å²) >= 11 is 0. The lowest BCUT2D eigenvalue weighted by molar-refractivity contribution is 0.480. The van der Waals surface area contributed by atoms with Crippen molar-refractivity contribution in [3.05, 3.63) is 30.4 Å². The van der Waals surface area contributed by atoms with Gasteiger partial charge in [-0.15, -0.1) is 6.42 Å². The number of nitrogen functional groups attached to an aromatic ring is 1. The fraction of sp³-hybridized carbons (Fsp3) is 0.312. The highest BCUT2D eigenvalue weighted by Crippen LogP contribution is 2.24. The minimum Gasteiger partial charge on any atom is -0.396 e. The number of pyridine rings is 1. The molecular formula is C16H19N7. The lowest BCUT2D eigenvalue weighted by Gasteiger charge is -2.25. The van der Waals surface area contributed by atoms with Crippen molar-refractivity contribution in [1.82, 2.24) is 20.3 Å². The summed E-state index contributed by atoms with van der Waals surface area (Å²) in [4.78, 5) is 12.6. The highest BCUT2D eigenvalue weighted by atomic mass is 15.1. The molecule has 1 atom stereocenters. The molecule has 1 aliphatic rings. The number of aromatic nitrogens is 3. The first-order valence-corrected chi connectivity index (χ1v) is 7.53. The molecular weight excluding hydrogens is 290 g/mol. The van der Waals surface area contributed by atoms with Crippen LogP contribution in [0.25, 0.3) is 0 Å². The lowest BCUT2D eigenvalue weighted by atomic mass is 10.1. The van der Waals surface area contributed by atoms with Gasteiger partial charge in [0.05, 0.1) is 30.0 Å². The van der Waals surface area contributed by atoms with Gasteiger partial charge >= 0.3 is 0 Å². The predicted molar refractivity (Wildman–Crippen MR) is 91.4 cm³/mol. The van der Waals surface area contributed by atoms with E-state index in [-0.39, 0.29) is 0 Å². The number of anilines is 4. The molecule has 7 nitrogen and oxygen atoms in total. The zero-order valence-electron chi connectivity index (χ0n) is 12.7. The second-order valence-corrected chi connectivity index (χ2v) is 5.40. The van der Waals surface area contributed by atoms with Crippen LogP contribution in [-0.4, -0.2) is 34.1 Å². The van der Waals surface area contributed by atoms with E-state index in [9.17, 15) is 0 Å². The summed E-state index contributed by atoms with van der Waals surface area (Å²) in [6.45, 7) is 2.01. The molecule has 23 heavy (non-hydrogen) atoms. The Hall–Kier alpha value is -2.85. The van der Waals surface area contributed by atoms with Crippen LogP contribution in [0.3, 0.4) is 0 Å². The minimum atomic E-state index is 0.371. The maximum absolute atomic E-state index is 6.01. The van der Waals surface area contributed by atoms with Crippen LogP contribution >= 0.6 is 0 Å². The molecule has 2 aromatic heterocycles. The summed E-state index contributed by atoms with van der Waals surface area (Å²) in [5.41, 5.74) is 7.99. The van der Waals surface area contributed by atoms with Crippen LogP contribution in [0.5, 0.6) is 0 Å². The van der Waals surface area contributed by atoms with Gasteiger partial charge in [0.25, 0.3) is 0 Å². The van der Waals surface area contributed by atoms with E-state index in [0.29, 0.717) is 29.1 Å². The van der Waals surface area contributed by atoms with Crippen molar-refractivity contribution in [1.29, 1.82) is 0 Å². The van der Waals surface area contributed by atoms with E-state index in [1.165, 1.54) is 6.20 Å². The molecule has 0 radical (unpaired) electrons. The van der Waals surface area contributed by atoms with Crippen LogP contribution in [0.1, 0.15) is 18.5 Å². The molecule has 1 saturated heterocycles. The Labute approximate surface area is 135 Å². The minimum absolute atomic E-state index is 0.371. The molecule has 118 valence electrons.